The molecule has 3 rings (SSSR count). The molecule has 0 aromatic heterocycles. The number of nitrogens with zero attached hydrogens (tertiary/aromatic N) is 1. The van der Waals surface area contributed by atoms with Gasteiger partial charge in [0, 0.05) is 6.54 Å². The number of halogens is 3. The molecular formula is C18H18F3NO2. The van der Waals surface area contributed by atoms with Gasteiger partial charge in [-0.2, -0.15) is 13.2 Å². The number of rotatable bonds is 2. The second-order valence-corrected chi connectivity index (χ2v) is 6.28. The summed E-state index contributed by atoms with van der Waals surface area (Å²) in [5, 5.41) is 0. The molecule has 1 atom stereocenters. The number of hydrogen-bond acceptors (Lipinski definition) is 3. The first kappa shape index (κ1) is 16.8. The summed E-state index contributed by atoms with van der Waals surface area (Å²) < 4.78 is 45.5. The molecule has 2 aliphatic rings. The fourth-order valence-electron chi connectivity index (χ4n) is 3.37. The smallest absolute Gasteiger partial charge is 0.421 e. The van der Waals surface area contributed by atoms with Crippen molar-refractivity contribution in [3.05, 3.63) is 52.6 Å². The Hall–Kier alpha value is -2.08. The maximum Gasteiger partial charge on any atom is 0.421 e. The van der Waals surface area contributed by atoms with E-state index in [1.807, 2.05) is 31.2 Å². The average Bonchev–Trinajstić information content (AvgIpc) is 2.50. The van der Waals surface area contributed by atoms with Crippen molar-refractivity contribution in [3.63, 3.8) is 0 Å². The number of ether oxygens (including phenoxy) is 1. The number of fused-ring (bicyclic) bond motifs is 1. The first-order valence-electron chi connectivity index (χ1n) is 7.58. The van der Waals surface area contributed by atoms with Crippen LogP contribution >= 0.6 is 0 Å². The summed E-state index contributed by atoms with van der Waals surface area (Å²) in [5.74, 6) is -1.30. The summed E-state index contributed by atoms with van der Waals surface area (Å²) in [4.78, 5) is 13.0. The van der Waals surface area contributed by atoms with Crippen molar-refractivity contribution in [1.29, 1.82) is 0 Å². The van der Waals surface area contributed by atoms with Crippen molar-refractivity contribution in [2.45, 2.75) is 25.1 Å². The minimum absolute atomic E-state index is 0.0592. The van der Waals surface area contributed by atoms with E-state index < -0.39 is 17.7 Å². The van der Waals surface area contributed by atoms with E-state index in [0.717, 1.165) is 40.4 Å². The molecule has 0 radical (unpaired) electrons. The Labute approximate surface area is 138 Å². The summed E-state index contributed by atoms with van der Waals surface area (Å²) in [6.45, 7) is 2.04. The summed E-state index contributed by atoms with van der Waals surface area (Å²) in [6.07, 6.45) is -3.29. The predicted molar refractivity (Wildman–Crippen MR) is 84.2 cm³/mol. The third-order valence-electron chi connectivity index (χ3n) is 4.83. The molecule has 1 heterocycles. The van der Waals surface area contributed by atoms with Crippen molar-refractivity contribution in [3.8, 4) is 0 Å². The van der Waals surface area contributed by atoms with Gasteiger partial charge < -0.3 is 4.74 Å². The molecule has 0 saturated carbocycles. The monoisotopic (exact) mass is 337 g/mol. The van der Waals surface area contributed by atoms with Crippen molar-refractivity contribution in [2.75, 3.05) is 20.7 Å². The first-order valence-corrected chi connectivity index (χ1v) is 7.58. The van der Waals surface area contributed by atoms with Crippen LogP contribution in [0.4, 0.5) is 13.2 Å². The largest absolute Gasteiger partial charge is 0.467 e. The van der Waals surface area contributed by atoms with E-state index >= 15 is 0 Å². The second kappa shape index (κ2) is 5.48. The highest BCUT2D eigenvalue weighted by atomic mass is 19.4. The lowest BCUT2D eigenvalue weighted by Crippen LogP contribution is -2.64. The molecule has 0 bridgehead atoms. The Morgan fingerprint density at radius 1 is 1.21 bits per heavy atom. The molecule has 0 fully saturated rings. The van der Waals surface area contributed by atoms with Crippen LogP contribution in [0, 0.1) is 6.92 Å². The van der Waals surface area contributed by atoms with Crippen LogP contribution in [0.25, 0.3) is 5.57 Å². The molecule has 0 spiro atoms. The quantitative estimate of drug-likeness (QED) is 0.774. The zero-order valence-electron chi connectivity index (χ0n) is 13.7. The SMILES string of the molecule is COC(=O)C1(C(F)(F)F)C=C2CC(c3ccc(C)cc3)=C2CN1C. The van der Waals surface area contributed by atoms with Crippen LogP contribution in [0.1, 0.15) is 17.5 Å². The van der Waals surface area contributed by atoms with Crippen LogP contribution in [0.2, 0.25) is 0 Å². The number of carbonyl (C=O) groups excluding carboxylic acids is 1. The number of carbonyl (C=O) groups is 1. The van der Waals surface area contributed by atoms with Crippen LogP contribution in [0.15, 0.2) is 41.5 Å². The van der Waals surface area contributed by atoms with E-state index in [0.29, 0.717) is 12.0 Å². The number of benzene rings is 1. The topological polar surface area (TPSA) is 29.5 Å². The predicted octanol–water partition coefficient (Wildman–Crippen LogP) is 3.50. The van der Waals surface area contributed by atoms with E-state index in [-0.39, 0.29) is 6.54 Å². The molecule has 1 unspecified atom stereocenters. The van der Waals surface area contributed by atoms with Crippen molar-refractivity contribution in [1.82, 2.24) is 4.90 Å². The van der Waals surface area contributed by atoms with Crippen LogP contribution in [0.3, 0.4) is 0 Å². The van der Waals surface area contributed by atoms with Crippen molar-refractivity contribution < 1.29 is 22.7 Å². The fourth-order valence-corrected chi connectivity index (χ4v) is 3.37. The molecule has 0 N–H and O–H groups in total. The van der Waals surface area contributed by atoms with Gasteiger partial charge >= 0.3 is 12.1 Å². The van der Waals surface area contributed by atoms with Gasteiger partial charge in [-0.05, 0) is 48.8 Å². The van der Waals surface area contributed by atoms with E-state index in [1.54, 1.807) is 0 Å². The Morgan fingerprint density at radius 3 is 2.38 bits per heavy atom. The Kier molecular flexibility index (Phi) is 3.83. The van der Waals surface area contributed by atoms with Gasteiger partial charge in [-0.3, -0.25) is 4.90 Å². The summed E-state index contributed by atoms with van der Waals surface area (Å²) in [6, 6.07) is 7.90. The number of methoxy groups -OCH3 is 1. The van der Waals surface area contributed by atoms with E-state index in [1.165, 1.54) is 7.05 Å². The third kappa shape index (κ3) is 2.28. The minimum atomic E-state index is -4.74. The zero-order valence-corrected chi connectivity index (χ0v) is 13.7. The van der Waals surface area contributed by atoms with Gasteiger partial charge in [0.15, 0.2) is 0 Å². The minimum Gasteiger partial charge on any atom is -0.467 e. The maximum absolute atomic E-state index is 13.7. The Balaban J connectivity index is 2.06. The Bertz CT molecular complexity index is 747. The molecule has 0 saturated heterocycles. The summed E-state index contributed by atoms with van der Waals surface area (Å²) >= 11 is 0. The van der Waals surface area contributed by atoms with Crippen LogP contribution < -0.4 is 0 Å². The third-order valence-corrected chi connectivity index (χ3v) is 4.83. The van der Waals surface area contributed by atoms with E-state index in [4.69, 9.17) is 0 Å². The fraction of sp³-hybridized carbons (Fsp3) is 0.389. The normalized spacial score (nSPS) is 24.2. The second-order valence-electron chi connectivity index (χ2n) is 6.28. The number of esters is 1. The summed E-state index contributed by atoms with van der Waals surface area (Å²) in [7, 11) is 2.28. The number of likely N-dealkylation sites (N-methyl/N-ethyl adjacent to an activating group) is 1. The highest BCUT2D eigenvalue weighted by Gasteiger charge is 2.64. The zero-order chi connectivity index (χ0) is 17.7. The van der Waals surface area contributed by atoms with Gasteiger partial charge in [-0.1, -0.05) is 29.8 Å². The first-order chi connectivity index (χ1) is 11.2. The van der Waals surface area contributed by atoms with Crippen molar-refractivity contribution >= 4 is 11.5 Å². The van der Waals surface area contributed by atoms with Crippen LogP contribution in [-0.2, 0) is 9.53 Å². The van der Waals surface area contributed by atoms with Gasteiger partial charge in [-0.25, -0.2) is 4.79 Å². The van der Waals surface area contributed by atoms with Gasteiger partial charge in [-0.15, -0.1) is 0 Å². The van der Waals surface area contributed by atoms with E-state index in [2.05, 4.69) is 4.74 Å². The number of allylic oxidation sites excluding steroid dienone is 1. The number of hydrogen-bond donors (Lipinski definition) is 0. The van der Waals surface area contributed by atoms with Crippen LogP contribution in [-0.4, -0.2) is 43.3 Å². The molecule has 1 aliphatic carbocycles. The maximum atomic E-state index is 13.7. The highest BCUT2D eigenvalue weighted by molar-refractivity contribution is 5.90. The molecule has 1 aromatic carbocycles. The highest BCUT2D eigenvalue weighted by Crippen LogP contribution is 2.50. The lowest BCUT2D eigenvalue weighted by molar-refractivity contribution is -0.222. The van der Waals surface area contributed by atoms with Crippen molar-refractivity contribution in [2.24, 2.45) is 0 Å². The Morgan fingerprint density at radius 2 is 1.83 bits per heavy atom. The van der Waals surface area contributed by atoms with Crippen LogP contribution in [0.5, 0.6) is 0 Å². The van der Waals surface area contributed by atoms with E-state index in [9.17, 15) is 18.0 Å². The van der Waals surface area contributed by atoms with Gasteiger partial charge in [0.2, 0.25) is 5.54 Å². The molecule has 1 aromatic rings. The van der Waals surface area contributed by atoms with Gasteiger partial charge in [0.1, 0.15) is 0 Å². The molecule has 128 valence electrons. The lowest BCUT2D eigenvalue weighted by Gasteiger charge is -2.46. The average molecular weight is 337 g/mol. The molecule has 1 aliphatic heterocycles. The number of aryl methyl sites for hydroxylation is 1. The number of alkyl halides is 3. The molecular weight excluding hydrogens is 319 g/mol. The standard InChI is InChI=1S/C18H18F3NO2/c1-11-4-6-12(7-5-11)14-8-13-9-17(16(23)24-3,18(19,20)21)22(2)10-15(13)14/h4-7,9H,8,10H2,1-3H3. The molecule has 3 nitrogen and oxygen atoms in total. The summed E-state index contributed by atoms with van der Waals surface area (Å²) in [5.41, 5.74) is 1.91. The van der Waals surface area contributed by atoms with Gasteiger partial charge in [0.25, 0.3) is 0 Å². The van der Waals surface area contributed by atoms with Gasteiger partial charge in [0.05, 0.1) is 7.11 Å². The molecule has 24 heavy (non-hydrogen) atoms. The molecule has 6 heteroatoms. The lowest BCUT2D eigenvalue weighted by atomic mass is 9.73. The molecule has 0 amide bonds.